The van der Waals surface area contributed by atoms with Crippen LogP contribution in [0.3, 0.4) is 0 Å². The summed E-state index contributed by atoms with van der Waals surface area (Å²) in [5, 5.41) is 26.5. The number of aromatic nitrogens is 4. The summed E-state index contributed by atoms with van der Waals surface area (Å²) < 4.78 is 62.2. The van der Waals surface area contributed by atoms with Crippen molar-refractivity contribution in [1.29, 1.82) is 0 Å². The zero-order valence-corrected chi connectivity index (χ0v) is 36.2. The maximum atomic E-state index is 12.7. The Morgan fingerprint density at radius 3 is 2.31 bits per heavy atom. The molecule has 0 radical (unpaired) electrons. The number of imidazole rings is 1. The predicted octanol–water partition coefficient (Wildman–Crippen LogP) is 1.81. The fraction of sp³-hybridized carbons (Fsp3) is 0.742. The Kier molecular flexibility index (Phi) is 20.0. The number of thioether (sulfide) groups is 1. The van der Waals surface area contributed by atoms with E-state index in [1.165, 1.54) is 39.5 Å². The molecule has 3 rings (SSSR count). The lowest BCUT2D eigenvalue weighted by Gasteiger charge is -2.30. The van der Waals surface area contributed by atoms with E-state index >= 15 is 0 Å². The Balaban J connectivity index is 1.42. The van der Waals surface area contributed by atoms with Crippen molar-refractivity contribution in [3.05, 3.63) is 12.7 Å². The van der Waals surface area contributed by atoms with Gasteiger partial charge in [0.05, 0.1) is 19.5 Å². The molecule has 7 unspecified atom stereocenters. The molecule has 0 aromatic carbocycles. The van der Waals surface area contributed by atoms with Crippen LogP contribution < -0.4 is 16.4 Å². The number of phosphoric acid groups is 3. The molecule has 336 valence electrons. The molecule has 7 atom stereocenters. The molecular formula is C31H54N7O17P3S. The van der Waals surface area contributed by atoms with Crippen LogP contribution in [0.1, 0.15) is 84.8 Å². The van der Waals surface area contributed by atoms with Crippen molar-refractivity contribution in [1.82, 2.24) is 30.2 Å². The quantitative estimate of drug-likeness (QED) is 0.0455. The number of unbranched alkanes of at least 4 members (excludes halogenated alkanes) is 6. The van der Waals surface area contributed by atoms with Crippen LogP contribution in [0.25, 0.3) is 11.2 Å². The largest absolute Gasteiger partial charge is 0.481 e. The molecule has 1 fully saturated rings. The molecule has 59 heavy (non-hydrogen) atoms. The maximum Gasteiger partial charge on any atom is 0.481 e. The van der Waals surface area contributed by atoms with E-state index in [1.807, 2.05) is 0 Å². The van der Waals surface area contributed by atoms with Gasteiger partial charge in [0.25, 0.3) is 0 Å². The van der Waals surface area contributed by atoms with Crippen molar-refractivity contribution in [3.63, 3.8) is 0 Å². The number of carbonyl (C=O) groups is 3. The van der Waals surface area contributed by atoms with Crippen molar-refractivity contribution in [2.24, 2.45) is 5.41 Å². The first-order valence-electron chi connectivity index (χ1n) is 18.6. The van der Waals surface area contributed by atoms with Gasteiger partial charge in [-0.05, 0) is 6.42 Å². The minimum atomic E-state index is -5.57. The summed E-state index contributed by atoms with van der Waals surface area (Å²) in [7, 11) is -16.4. The Hall–Kier alpha value is -2.44. The molecule has 2 amide bonds. The van der Waals surface area contributed by atoms with E-state index in [0.717, 1.165) is 48.2 Å². The normalized spacial score (nSPS) is 21.2. The minimum absolute atomic E-state index is 0.0329. The van der Waals surface area contributed by atoms with Crippen LogP contribution in [-0.4, -0.2) is 123 Å². The van der Waals surface area contributed by atoms with Crippen LogP contribution in [0.4, 0.5) is 5.82 Å². The van der Waals surface area contributed by atoms with Gasteiger partial charge in [0.2, 0.25) is 11.8 Å². The monoisotopic (exact) mass is 921 g/mol. The number of amides is 2. The second-order valence-electron chi connectivity index (χ2n) is 14.2. The van der Waals surface area contributed by atoms with E-state index < -0.39 is 84.6 Å². The minimum Gasteiger partial charge on any atom is -0.386 e. The molecule has 0 aliphatic carbocycles. The second kappa shape index (κ2) is 23.1. The number of ether oxygens (including phenoxy) is 1. The highest BCUT2D eigenvalue weighted by Crippen LogP contribution is 2.61. The Bertz CT molecular complexity index is 1850. The number of hydrogen-bond donors (Lipinski definition) is 9. The molecule has 0 spiro atoms. The number of anilines is 1. The molecular weight excluding hydrogens is 867 g/mol. The molecule has 1 aliphatic rings. The lowest BCUT2D eigenvalue weighted by atomic mass is 9.87. The zero-order chi connectivity index (χ0) is 44.0. The molecule has 28 heteroatoms. The summed E-state index contributed by atoms with van der Waals surface area (Å²) in [5.74, 6) is -1.03. The lowest BCUT2D eigenvalue weighted by Crippen LogP contribution is -2.46. The van der Waals surface area contributed by atoms with Crippen LogP contribution in [0.5, 0.6) is 0 Å². The van der Waals surface area contributed by atoms with E-state index in [0.29, 0.717) is 12.2 Å². The molecule has 0 saturated carbocycles. The zero-order valence-electron chi connectivity index (χ0n) is 32.7. The SMILES string of the molecule is CCCCCCCCCC(=O)SCCNC(=O)CCNC(=O)C(O)C(C)(C)COP(=O)(O)OP(=O)(O)OCC1OC(n2cnc3c(N)ncnc32)C(O)C1OP(=O)(O)O. The first-order chi connectivity index (χ1) is 27.6. The molecule has 1 saturated heterocycles. The third-order valence-electron chi connectivity index (χ3n) is 8.75. The number of nitrogens with zero attached hydrogens (tertiary/aromatic N) is 4. The van der Waals surface area contributed by atoms with E-state index in [-0.39, 0.29) is 41.6 Å². The number of aliphatic hydroxyl groups is 2. The topological polar surface area (TPSA) is 364 Å². The van der Waals surface area contributed by atoms with Gasteiger partial charge in [-0.2, -0.15) is 4.31 Å². The summed E-state index contributed by atoms with van der Waals surface area (Å²) in [4.78, 5) is 87.8. The number of nitrogens with one attached hydrogen (secondary N) is 2. The standard InChI is InChI=1S/C31H54N7O17P3S/c1-4-5-6-7-8-9-10-11-22(40)59-15-14-33-21(39)12-13-34-29(43)26(42)31(2,3)17-52-58(49,50)55-57(47,48)51-16-20-25(54-56(44,45)46)24(41)30(53-20)38-19-37-23-27(32)35-18-36-28(23)38/h18-20,24-26,30,41-42H,4-17H2,1-3H3,(H,33,39)(H,34,43)(H,47,48)(H,49,50)(H2,32,35,36)(H2,44,45,46). The Labute approximate surface area is 344 Å². The van der Waals surface area contributed by atoms with E-state index in [2.05, 4.69) is 41.3 Å². The third kappa shape index (κ3) is 17.1. The fourth-order valence-corrected chi connectivity index (χ4v) is 9.14. The first kappa shape index (κ1) is 50.9. The van der Waals surface area contributed by atoms with Crippen molar-refractivity contribution in [2.75, 3.05) is 37.8 Å². The van der Waals surface area contributed by atoms with Crippen molar-refractivity contribution >= 4 is 69.1 Å². The van der Waals surface area contributed by atoms with Crippen LogP contribution in [0, 0.1) is 5.41 Å². The highest BCUT2D eigenvalue weighted by atomic mass is 32.2. The van der Waals surface area contributed by atoms with Crippen LogP contribution in [0.2, 0.25) is 0 Å². The smallest absolute Gasteiger partial charge is 0.386 e. The molecule has 2 aromatic rings. The van der Waals surface area contributed by atoms with Crippen molar-refractivity contribution in [2.45, 2.75) is 109 Å². The summed E-state index contributed by atoms with van der Waals surface area (Å²) in [6.07, 6.45) is 1.35. The van der Waals surface area contributed by atoms with E-state index in [4.69, 9.17) is 19.5 Å². The van der Waals surface area contributed by atoms with E-state index in [9.17, 15) is 57.9 Å². The van der Waals surface area contributed by atoms with Gasteiger partial charge < -0.3 is 50.9 Å². The Morgan fingerprint density at radius 1 is 0.966 bits per heavy atom. The highest BCUT2D eigenvalue weighted by Gasteiger charge is 2.50. The van der Waals surface area contributed by atoms with Crippen LogP contribution >= 0.6 is 35.2 Å². The number of aliphatic hydroxyl groups excluding tert-OH is 2. The first-order valence-corrected chi connectivity index (χ1v) is 24.1. The van der Waals surface area contributed by atoms with Gasteiger partial charge in [-0.25, -0.2) is 28.6 Å². The highest BCUT2D eigenvalue weighted by molar-refractivity contribution is 8.13. The van der Waals surface area contributed by atoms with Gasteiger partial charge in [-0.15, -0.1) is 0 Å². The summed E-state index contributed by atoms with van der Waals surface area (Å²) in [6, 6.07) is 0. The van der Waals surface area contributed by atoms with Gasteiger partial charge in [0.15, 0.2) is 22.8 Å². The lowest BCUT2D eigenvalue weighted by molar-refractivity contribution is -0.137. The van der Waals surface area contributed by atoms with Gasteiger partial charge >= 0.3 is 23.5 Å². The van der Waals surface area contributed by atoms with Crippen LogP contribution in [0.15, 0.2) is 12.7 Å². The molecule has 24 nitrogen and oxygen atoms in total. The number of phosphoric ester groups is 3. The maximum absolute atomic E-state index is 12.7. The predicted molar refractivity (Wildman–Crippen MR) is 210 cm³/mol. The van der Waals surface area contributed by atoms with Gasteiger partial charge in [0.1, 0.15) is 36.3 Å². The molecule has 2 aromatic heterocycles. The number of hydrogen-bond acceptors (Lipinski definition) is 18. The van der Waals surface area contributed by atoms with Crippen molar-refractivity contribution < 1.29 is 80.5 Å². The van der Waals surface area contributed by atoms with Gasteiger partial charge in [-0.1, -0.05) is 71.1 Å². The van der Waals surface area contributed by atoms with Gasteiger partial charge in [-0.3, -0.25) is 32.5 Å². The van der Waals surface area contributed by atoms with Gasteiger partial charge in [0, 0.05) is 37.1 Å². The number of fused-ring (bicyclic) bond motifs is 1. The molecule has 10 N–H and O–H groups in total. The van der Waals surface area contributed by atoms with E-state index in [1.54, 1.807) is 0 Å². The molecule has 0 bridgehead atoms. The average molecular weight is 922 g/mol. The Morgan fingerprint density at radius 2 is 1.63 bits per heavy atom. The summed E-state index contributed by atoms with van der Waals surface area (Å²) in [6.45, 7) is 2.73. The van der Waals surface area contributed by atoms with Crippen molar-refractivity contribution in [3.8, 4) is 0 Å². The summed E-state index contributed by atoms with van der Waals surface area (Å²) in [5.41, 5.74) is 4.28. The second-order valence-corrected chi connectivity index (χ2v) is 19.5. The fourth-order valence-electron chi connectivity index (χ4n) is 5.59. The third-order valence-corrected chi connectivity index (χ3v) is 12.8. The average Bonchev–Trinajstić information content (AvgIpc) is 3.71. The number of nitrogens with two attached hydrogens (primary N) is 1. The number of rotatable bonds is 27. The summed E-state index contributed by atoms with van der Waals surface area (Å²) >= 11 is 1.14. The molecule has 1 aliphatic heterocycles. The van der Waals surface area contributed by atoms with Crippen LogP contribution in [-0.2, 0) is 50.7 Å². The number of nitrogen functional groups attached to an aromatic ring is 1. The number of carbonyl (C=O) groups excluding carboxylic acids is 3. The molecule has 3 heterocycles.